The Bertz CT molecular complexity index is 1650. The quantitative estimate of drug-likeness (QED) is 0.108. The fourth-order valence-corrected chi connectivity index (χ4v) is 7.28. The number of rotatable bonds is 10. The zero-order chi connectivity index (χ0) is 39.1. The van der Waals surface area contributed by atoms with Crippen LogP contribution in [-0.4, -0.2) is 100 Å². The van der Waals surface area contributed by atoms with E-state index in [1.54, 1.807) is 42.5 Å². The van der Waals surface area contributed by atoms with Crippen LogP contribution in [0.4, 0.5) is 0 Å². The summed E-state index contributed by atoms with van der Waals surface area (Å²) in [5.74, 6) is -7.27. The molecule has 2 aromatic rings. The molecule has 2 unspecified atom stereocenters. The molecule has 1 heterocycles. The van der Waals surface area contributed by atoms with Crippen molar-refractivity contribution < 1.29 is 43.5 Å². The molecule has 0 bridgehead atoms. The van der Waals surface area contributed by atoms with E-state index < -0.39 is 89.9 Å². The highest BCUT2D eigenvalue weighted by molar-refractivity contribution is 8.76. The minimum absolute atomic E-state index is 0.00440. The predicted octanol–water partition coefficient (Wildman–Crippen LogP) is -3.05. The van der Waals surface area contributed by atoms with Crippen LogP contribution in [-0.2, 0) is 51.2 Å². The van der Waals surface area contributed by atoms with Gasteiger partial charge in [0.15, 0.2) is 0 Å². The highest BCUT2D eigenvalue weighted by Gasteiger charge is 2.34. The molecule has 18 nitrogen and oxygen atoms in total. The monoisotopic (exact) mass is 773 g/mol. The van der Waals surface area contributed by atoms with Gasteiger partial charge in [-0.05, 0) is 29.7 Å². The number of benzene rings is 2. The standard InChI is InChI=1S/C33H43N9O9S2/c34-20-15-52-53-16-25(28(37)46)42-33(51)24(14-27(36)45)41-30(48)21(10-11-26(35)44)38-31(49)23(12-17-4-2-1-3-5-17)40-32(50)22(39-29(20)47)13-18-6-8-19(43)9-7-18/h1-9,20-25,43H,10-16,34H2,(H2,35,44)(H2,36,45)(H2,37,46)(H,38,49)(H,39,47)(H,40,50)(H,41,48)(H,42,51)/t20-,21?,22-,23?,24-,25-/m0/s1. The first kappa shape index (κ1) is 42.1. The first-order chi connectivity index (χ1) is 25.1. The fourth-order valence-electron chi connectivity index (χ4n) is 4.98. The van der Waals surface area contributed by atoms with Gasteiger partial charge in [-0.1, -0.05) is 64.1 Å². The molecule has 0 radical (unpaired) electrons. The van der Waals surface area contributed by atoms with E-state index in [9.17, 15) is 43.5 Å². The molecule has 1 fully saturated rings. The minimum Gasteiger partial charge on any atom is -0.508 e. The van der Waals surface area contributed by atoms with E-state index >= 15 is 0 Å². The van der Waals surface area contributed by atoms with Crippen molar-refractivity contribution in [3.8, 4) is 5.75 Å². The lowest BCUT2D eigenvalue weighted by Gasteiger charge is -2.27. The number of nitrogens with two attached hydrogens (primary N) is 4. The van der Waals surface area contributed by atoms with Gasteiger partial charge in [-0.25, -0.2) is 0 Å². The van der Waals surface area contributed by atoms with Crippen LogP contribution in [0.15, 0.2) is 54.6 Å². The van der Waals surface area contributed by atoms with Crippen LogP contribution < -0.4 is 49.5 Å². The minimum atomic E-state index is -1.63. The van der Waals surface area contributed by atoms with Crippen molar-refractivity contribution in [2.24, 2.45) is 22.9 Å². The Hall–Kier alpha value is -5.34. The third kappa shape index (κ3) is 14.3. The van der Waals surface area contributed by atoms with Crippen LogP contribution in [0.3, 0.4) is 0 Å². The van der Waals surface area contributed by atoms with Crippen LogP contribution in [0.2, 0.25) is 0 Å². The normalized spacial score (nSPS) is 24.0. The van der Waals surface area contributed by atoms with E-state index in [-0.39, 0.29) is 42.9 Å². The number of amides is 8. The second-order valence-corrected chi connectivity index (χ2v) is 14.7. The Morgan fingerprint density at radius 1 is 0.623 bits per heavy atom. The number of hydrogen-bond donors (Lipinski definition) is 10. The molecule has 1 aliphatic rings. The molecular formula is C33H43N9O9S2. The molecule has 0 aliphatic carbocycles. The third-order valence-corrected chi connectivity index (χ3v) is 10.3. The van der Waals surface area contributed by atoms with E-state index in [4.69, 9.17) is 22.9 Å². The summed E-state index contributed by atoms with van der Waals surface area (Å²) in [5.41, 5.74) is 23.5. The first-order valence-electron chi connectivity index (χ1n) is 16.3. The highest BCUT2D eigenvalue weighted by Crippen LogP contribution is 2.23. The molecule has 0 aromatic heterocycles. The predicted molar refractivity (Wildman–Crippen MR) is 196 cm³/mol. The summed E-state index contributed by atoms with van der Waals surface area (Å²) in [6, 6.07) is 6.22. The summed E-state index contributed by atoms with van der Waals surface area (Å²) >= 11 is 0. The molecular weight excluding hydrogens is 731 g/mol. The molecule has 6 atom stereocenters. The van der Waals surface area contributed by atoms with Gasteiger partial charge in [0.1, 0.15) is 36.0 Å². The Kier molecular flexibility index (Phi) is 16.4. The topological polar surface area (TPSA) is 321 Å². The molecule has 8 amide bonds. The zero-order valence-electron chi connectivity index (χ0n) is 28.4. The molecule has 286 valence electrons. The van der Waals surface area contributed by atoms with Gasteiger partial charge >= 0.3 is 0 Å². The summed E-state index contributed by atoms with van der Waals surface area (Å²) in [7, 11) is 2.12. The first-order valence-corrected chi connectivity index (χ1v) is 18.8. The van der Waals surface area contributed by atoms with Gasteiger partial charge in [0.2, 0.25) is 47.3 Å². The maximum absolute atomic E-state index is 13.9. The third-order valence-electron chi connectivity index (χ3n) is 7.84. The van der Waals surface area contributed by atoms with E-state index in [0.29, 0.717) is 11.1 Å². The average molecular weight is 774 g/mol. The maximum Gasteiger partial charge on any atom is 0.243 e. The lowest BCUT2D eigenvalue weighted by Crippen LogP contribution is -2.60. The summed E-state index contributed by atoms with van der Waals surface area (Å²) in [6.45, 7) is 0. The Labute approximate surface area is 312 Å². The van der Waals surface area contributed by atoms with Crippen molar-refractivity contribution in [2.45, 2.75) is 68.4 Å². The molecule has 3 rings (SSSR count). The van der Waals surface area contributed by atoms with E-state index in [1.807, 2.05) is 0 Å². The average Bonchev–Trinajstić information content (AvgIpc) is 3.10. The molecule has 1 saturated heterocycles. The number of carbonyl (C=O) groups is 8. The number of nitrogens with one attached hydrogen (secondary N) is 5. The van der Waals surface area contributed by atoms with Crippen LogP contribution in [0, 0.1) is 0 Å². The van der Waals surface area contributed by atoms with Gasteiger partial charge < -0.3 is 54.6 Å². The van der Waals surface area contributed by atoms with Crippen molar-refractivity contribution in [3.05, 3.63) is 65.7 Å². The molecule has 53 heavy (non-hydrogen) atoms. The van der Waals surface area contributed by atoms with Gasteiger partial charge in [-0.3, -0.25) is 38.4 Å². The number of primary amides is 3. The molecule has 0 spiro atoms. The summed E-state index contributed by atoms with van der Waals surface area (Å²) in [5, 5.41) is 22.3. The highest BCUT2D eigenvalue weighted by atomic mass is 33.1. The number of phenols is 1. The zero-order valence-corrected chi connectivity index (χ0v) is 30.1. The Balaban J connectivity index is 2.05. The molecule has 1 aliphatic heterocycles. The van der Waals surface area contributed by atoms with Crippen LogP contribution >= 0.6 is 21.6 Å². The van der Waals surface area contributed by atoms with Gasteiger partial charge in [-0.2, -0.15) is 0 Å². The number of hydrogen-bond acceptors (Lipinski definition) is 12. The number of aromatic hydroxyl groups is 1. The fraction of sp³-hybridized carbons (Fsp3) is 0.394. The number of phenolic OH excluding ortho intramolecular Hbond substituents is 1. The van der Waals surface area contributed by atoms with Crippen molar-refractivity contribution in [1.82, 2.24) is 26.6 Å². The van der Waals surface area contributed by atoms with Crippen molar-refractivity contribution in [3.63, 3.8) is 0 Å². The molecule has 14 N–H and O–H groups in total. The maximum atomic E-state index is 13.9. The molecule has 20 heteroatoms. The van der Waals surface area contributed by atoms with Crippen LogP contribution in [0.25, 0.3) is 0 Å². The second-order valence-electron chi connectivity index (χ2n) is 12.1. The van der Waals surface area contributed by atoms with Gasteiger partial charge in [0.05, 0.1) is 12.5 Å². The van der Waals surface area contributed by atoms with E-state index in [0.717, 1.165) is 21.6 Å². The number of carbonyl (C=O) groups excluding carboxylic acids is 8. The van der Waals surface area contributed by atoms with Gasteiger partial charge in [0, 0.05) is 30.8 Å². The van der Waals surface area contributed by atoms with Crippen molar-refractivity contribution in [1.29, 1.82) is 0 Å². The lowest BCUT2D eigenvalue weighted by molar-refractivity contribution is -0.135. The largest absolute Gasteiger partial charge is 0.508 e. The lowest BCUT2D eigenvalue weighted by atomic mass is 10.0. The molecule has 2 aromatic carbocycles. The summed E-state index contributed by atoms with van der Waals surface area (Å²) in [4.78, 5) is 104. The van der Waals surface area contributed by atoms with Crippen molar-refractivity contribution >= 4 is 68.8 Å². The van der Waals surface area contributed by atoms with Crippen molar-refractivity contribution in [2.75, 3.05) is 11.5 Å². The van der Waals surface area contributed by atoms with Crippen LogP contribution in [0.1, 0.15) is 30.4 Å². The van der Waals surface area contributed by atoms with Crippen LogP contribution in [0.5, 0.6) is 5.75 Å². The van der Waals surface area contributed by atoms with Gasteiger partial charge in [0.25, 0.3) is 0 Å². The Morgan fingerprint density at radius 3 is 1.68 bits per heavy atom. The van der Waals surface area contributed by atoms with E-state index in [2.05, 4.69) is 26.6 Å². The van der Waals surface area contributed by atoms with E-state index in [1.165, 1.54) is 12.1 Å². The van der Waals surface area contributed by atoms with Gasteiger partial charge in [-0.15, -0.1) is 0 Å². The summed E-state index contributed by atoms with van der Waals surface area (Å²) < 4.78 is 0. The summed E-state index contributed by atoms with van der Waals surface area (Å²) in [6.07, 6.45) is -1.60. The molecule has 0 saturated carbocycles. The SMILES string of the molecule is NC(=O)CCC1NC(=O)C(Cc2ccccc2)NC(=O)[C@H](Cc2ccc(O)cc2)NC(=O)[C@@H](N)CSSC[C@@H](C(N)=O)NC(=O)[C@H](CC(N)=O)NC1=O. The smallest absolute Gasteiger partial charge is 0.243 e. The second kappa shape index (κ2) is 20.6. The Morgan fingerprint density at radius 2 is 1.11 bits per heavy atom.